The Morgan fingerprint density at radius 1 is 0.886 bits per heavy atom. The third-order valence-corrected chi connectivity index (χ3v) is 14.0. The van der Waals surface area contributed by atoms with E-state index in [0.717, 1.165) is 12.8 Å². The number of rotatable bonds is 1. The highest BCUT2D eigenvalue weighted by Gasteiger charge is 2.84. The highest BCUT2D eigenvalue weighted by molar-refractivity contribution is 5.32. The summed E-state index contributed by atoms with van der Waals surface area (Å²) in [6, 6.07) is 0. The van der Waals surface area contributed by atoms with E-state index in [1.165, 1.54) is 38.5 Å². The van der Waals surface area contributed by atoms with Crippen molar-refractivity contribution in [2.75, 3.05) is 0 Å². The molecule has 1 unspecified atom stereocenters. The van der Waals surface area contributed by atoms with Crippen LogP contribution in [0.5, 0.6) is 0 Å². The zero-order valence-corrected chi connectivity index (χ0v) is 23.6. The van der Waals surface area contributed by atoms with Gasteiger partial charge in [-0.15, -0.1) is 0 Å². The number of hydrogen-bond donors (Lipinski definition) is 3. The predicted octanol–water partition coefficient (Wildman–Crippen LogP) is 5.57. The van der Waals surface area contributed by atoms with Gasteiger partial charge in [-0.25, -0.2) is 0 Å². The first-order valence-electron chi connectivity index (χ1n) is 14.8. The van der Waals surface area contributed by atoms with Gasteiger partial charge in [0.25, 0.3) is 0 Å². The van der Waals surface area contributed by atoms with Gasteiger partial charge in [0.05, 0.1) is 30.5 Å². The lowest BCUT2D eigenvalue weighted by Gasteiger charge is -2.63. The summed E-state index contributed by atoms with van der Waals surface area (Å²) in [7, 11) is 0. The SMILES string of the molecule is C[C@@H]1C[C@H]([C@@H](O)C(C)(C)C)O[C@H]2C1[C@@]1(C)CC[C@@]34C[C@@]35CC[C@H](O)C(C)(C)[C@@H]5CC[C@H]4[C@]1(C)[C@H]2O. The van der Waals surface area contributed by atoms with Crippen LogP contribution in [0.1, 0.15) is 107 Å². The van der Waals surface area contributed by atoms with Crippen molar-refractivity contribution in [2.45, 2.75) is 137 Å². The fourth-order valence-corrected chi connectivity index (χ4v) is 12.1. The minimum atomic E-state index is -0.522. The molecule has 3 N–H and O–H groups in total. The molecular formula is C31H52O4. The monoisotopic (exact) mass is 488 g/mol. The van der Waals surface area contributed by atoms with Crippen LogP contribution in [0.2, 0.25) is 0 Å². The first-order valence-corrected chi connectivity index (χ1v) is 14.8. The highest BCUT2D eigenvalue weighted by atomic mass is 16.5. The molecule has 6 rings (SSSR count). The van der Waals surface area contributed by atoms with Gasteiger partial charge in [-0.2, -0.15) is 0 Å². The summed E-state index contributed by atoms with van der Waals surface area (Å²) < 4.78 is 6.75. The van der Waals surface area contributed by atoms with Crippen LogP contribution in [0.25, 0.3) is 0 Å². The minimum absolute atomic E-state index is 0.00933. The molecule has 0 amide bonds. The lowest BCUT2D eigenvalue weighted by Crippen LogP contribution is -2.59. The van der Waals surface area contributed by atoms with Crippen LogP contribution in [-0.2, 0) is 4.74 Å². The summed E-state index contributed by atoms with van der Waals surface area (Å²) in [6.07, 6.45) is 7.55. The number of aliphatic hydroxyl groups excluding tert-OH is 3. The van der Waals surface area contributed by atoms with Crippen molar-refractivity contribution in [1.29, 1.82) is 0 Å². The van der Waals surface area contributed by atoms with E-state index < -0.39 is 12.2 Å². The Labute approximate surface area is 213 Å². The zero-order valence-electron chi connectivity index (χ0n) is 23.6. The molecule has 0 radical (unpaired) electrons. The molecule has 1 aliphatic heterocycles. The van der Waals surface area contributed by atoms with E-state index >= 15 is 0 Å². The molecule has 0 aromatic heterocycles. The summed E-state index contributed by atoms with van der Waals surface area (Å²) >= 11 is 0. The van der Waals surface area contributed by atoms with E-state index in [0.29, 0.717) is 34.5 Å². The molecule has 1 saturated heterocycles. The van der Waals surface area contributed by atoms with Gasteiger partial charge >= 0.3 is 0 Å². The summed E-state index contributed by atoms with van der Waals surface area (Å²) in [4.78, 5) is 0. The maximum atomic E-state index is 12.2. The Hall–Kier alpha value is -0.160. The zero-order chi connectivity index (χ0) is 25.6. The molecule has 0 aromatic carbocycles. The molecule has 4 heteroatoms. The summed E-state index contributed by atoms with van der Waals surface area (Å²) in [5, 5.41) is 34.3. The van der Waals surface area contributed by atoms with Crippen molar-refractivity contribution >= 4 is 0 Å². The Morgan fingerprint density at radius 3 is 2.17 bits per heavy atom. The second-order valence-corrected chi connectivity index (χ2v) is 16.4. The van der Waals surface area contributed by atoms with Gasteiger partial charge in [0.1, 0.15) is 0 Å². The van der Waals surface area contributed by atoms with Crippen LogP contribution >= 0.6 is 0 Å². The predicted molar refractivity (Wildman–Crippen MR) is 138 cm³/mol. The first kappa shape index (κ1) is 25.1. The number of hydrogen-bond acceptors (Lipinski definition) is 4. The van der Waals surface area contributed by atoms with Gasteiger partial charge in [0, 0.05) is 5.41 Å². The average Bonchev–Trinajstić information content (AvgIpc) is 3.40. The average molecular weight is 489 g/mol. The van der Waals surface area contributed by atoms with Crippen molar-refractivity contribution in [3.63, 3.8) is 0 Å². The molecule has 4 nitrogen and oxygen atoms in total. The maximum Gasteiger partial charge on any atom is 0.0880 e. The lowest BCUT2D eigenvalue weighted by atomic mass is 9.41. The van der Waals surface area contributed by atoms with Crippen LogP contribution in [0.4, 0.5) is 0 Å². The van der Waals surface area contributed by atoms with E-state index in [4.69, 9.17) is 4.74 Å². The third-order valence-electron chi connectivity index (χ3n) is 14.0. The van der Waals surface area contributed by atoms with E-state index in [1.807, 2.05) is 0 Å². The molecule has 13 atom stereocenters. The smallest absolute Gasteiger partial charge is 0.0880 e. The molecular weight excluding hydrogens is 436 g/mol. The largest absolute Gasteiger partial charge is 0.393 e. The van der Waals surface area contributed by atoms with E-state index in [2.05, 4.69) is 55.4 Å². The summed E-state index contributed by atoms with van der Waals surface area (Å²) in [6.45, 7) is 18.2. The minimum Gasteiger partial charge on any atom is -0.393 e. The van der Waals surface area contributed by atoms with Gasteiger partial charge in [0.15, 0.2) is 0 Å². The van der Waals surface area contributed by atoms with Crippen molar-refractivity contribution < 1.29 is 20.1 Å². The topological polar surface area (TPSA) is 69.9 Å². The number of fused-ring (bicyclic) bond motifs is 4. The van der Waals surface area contributed by atoms with Crippen LogP contribution in [-0.4, -0.2) is 45.8 Å². The van der Waals surface area contributed by atoms with Crippen LogP contribution < -0.4 is 0 Å². The Balaban J connectivity index is 1.36. The molecule has 200 valence electrons. The molecule has 35 heavy (non-hydrogen) atoms. The van der Waals surface area contributed by atoms with Gasteiger partial charge in [-0.1, -0.05) is 55.4 Å². The maximum absolute atomic E-state index is 12.2. The van der Waals surface area contributed by atoms with Crippen molar-refractivity contribution in [2.24, 2.45) is 56.2 Å². The van der Waals surface area contributed by atoms with Crippen LogP contribution in [0.3, 0.4) is 0 Å². The first-order chi connectivity index (χ1) is 16.1. The van der Waals surface area contributed by atoms with E-state index in [9.17, 15) is 15.3 Å². The molecule has 0 bridgehead atoms. The van der Waals surface area contributed by atoms with Crippen molar-refractivity contribution in [3.05, 3.63) is 0 Å². The van der Waals surface area contributed by atoms with E-state index in [1.54, 1.807) is 0 Å². The second-order valence-electron chi connectivity index (χ2n) is 16.4. The summed E-state index contributed by atoms with van der Waals surface area (Å²) in [5.74, 6) is 1.91. The van der Waals surface area contributed by atoms with Gasteiger partial charge in [0.2, 0.25) is 0 Å². The number of ether oxygens (including phenoxy) is 1. The molecule has 0 aromatic rings. The quantitative estimate of drug-likeness (QED) is 0.451. The molecule has 5 saturated carbocycles. The van der Waals surface area contributed by atoms with Crippen LogP contribution in [0, 0.1) is 56.2 Å². The number of aliphatic hydroxyl groups is 3. The molecule has 5 aliphatic carbocycles. The fraction of sp³-hybridized carbons (Fsp3) is 1.00. The second kappa shape index (κ2) is 7.07. The van der Waals surface area contributed by atoms with Gasteiger partial charge < -0.3 is 20.1 Å². The van der Waals surface area contributed by atoms with Gasteiger partial charge in [-0.3, -0.25) is 0 Å². The highest BCUT2D eigenvalue weighted by Crippen LogP contribution is 2.89. The van der Waals surface area contributed by atoms with Crippen LogP contribution in [0.15, 0.2) is 0 Å². The molecule has 6 aliphatic rings. The lowest BCUT2D eigenvalue weighted by molar-refractivity contribution is -0.189. The Morgan fingerprint density at radius 2 is 1.51 bits per heavy atom. The molecule has 2 spiro atoms. The van der Waals surface area contributed by atoms with E-state index in [-0.39, 0.29) is 40.0 Å². The molecule has 6 fully saturated rings. The third kappa shape index (κ3) is 2.74. The van der Waals surface area contributed by atoms with Crippen molar-refractivity contribution in [3.8, 4) is 0 Å². The van der Waals surface area contributed by atoms with Gasteiger partial charge in [-0.05, 0) is 102 Å². The standard InChI is InChI=1S/C31H52O4/c1-17-15-18(24(33)26(2,3)4)35-23-22(17)28(7)13-14-31-16-30(31)12-11-21(32)27(5,6)19(30)9-10-20(31)29(28,8)25(23)34/h17-25,32-34H,9-16H2,1-8H3/t17-,18-,19+,20+,21+,22?,23+,24-,25+,28-,29-,30-,31+/m1/s1. The Bertz CT molecular complexity index is 893. The fourth-order valence-electron chi connectivity index (χ4n) is 12.1. The Kier molecular flexibility index (Phi) is 5.08. The molecule has 1 heterocycles. The normalized spacial score (nSPS) is 59.4. The van der Waals surface area contributed by atoms with Crippen molar-refractivity contribution in [1.82, 2.24) is 0 Å². The summed E-state index contributed by atoms with van der Waals surface area (Å²) in [5.41, 5.74) is 0.361.